The summed E-state index contributed by atoms with van der Waals surface area (Å²) < 4.78 is 81.8. The summed E-state index contributed by atoms with van der Waals surface area (Å²) in [7, 11) is 0. The van der Waals surface area contributed by atoms with Crippen LogP contribution in [0.4, 0.5) is 30.8 Å². The van der Waals surface area contributed by atoms with Gasteiger partial charge < -0.3 is 20.5 Å². The number of nitrogens with zero attached hydrogens (tertiary/aromatic N) is 4. The lowest BCUT2D eigenvalue weighted by Crippen LogP contribution is -2.29. The van der Waals surface area contributed by atoms with E-state index in [0.29, 0.717) is 37.8 Å². The smallest absolute Gasteiger partial charge is 0.224 e. The summed E-state index contributed by atoms with van der Waals surface area (Å²) in [5, 5.41) is 15.3. The van der Waals surface area contributed by atoms with Crippen LogP contribution in [0.15, 0.2) is 18.3 Å². The van der Waals surface area contributed by atoms with Gasteiger partial charge >= 0.3 is 0 Å². The number of aliphatic hydroxyl groups excluding tert-OH is 1. The van der Waals surface area contributed by atoms with Crippen LogP contribution in [0.2, 0.25) is 0 Å². The fraction of sp³-hybridized carbons (Fsp3) is 0.476. The second kappa shape index (κ2) is 8.55. The zero-order valence-electron chi connectivity index (χ0n) is 20.7. The van der Waals surface area contributed by atoms with E-state index in [0.717, 1.165) is 4.57 Å². The Morgan fingerprint density at radius 2 is 1.91 bits per heavy atom. The van der Waals surface area contributed by atoms with Crippen molar-refractivity contribution in [3.05, 3.63) is 35.8 Å². The van der Waals surface area contributed by atoms with Crippen LogP contribution < -0.4 is 10.6 Å². The molecule has 4 atom stereocenters. The van der Waals surface area contributed by atoms with Crippen molar-refractivity contribution >= 4 is 28.7 Å². The van der Waals surface area contributed by atoms with Gasteiger partial charge in [-0.25, -0.2) is 23.1 Å². The zero-order chi connectivity index (χ0) is 25.8. The number of ether oxygens (including phenoxy) is 1. The molecule has 2 fully saturated rings. The molecule has 1 saturated heterocycles. The maximum absolute atomic E-state index is 14.4. The SMILES string of the molecule is [2H]C1OC([2H])C([2H])(n2c(Nc3c(F)cc(F)cc3F)nc3cnc(NC4CCC(O)CC4)nc32)C1[2H]. The molecule has 32 heavy (non-hydrogen) atoms. The molecule has 2 aromatic heterocycles. The first-order valence-electron chi connectivity index (χ1n) is 12.4. The van der Waals surface area contributed by atoms with Gasteiger partial charge in [-0.05, 0) is 32.1 Å². The Hall–Kier alpha value is -2.92. The molecular weight excluding hydrogens is 425 g/mol. The highest BCUT2D eigenvalue weighted by molar-refractivity contribution is 5.76. The van der Waals surface area contributed by atoms with Gasteiger partial charge in [0.1, 0.15) is 17.0 Å². The van der Waals surface area contributed by atoms with Gasteiger partial charge in [0.15, 0.2) is 17.3 Å². The third kappa shape index (κ3) is 4.09. The Morgan fingerprint density at radius 3 is 2.59 bits per heavy atom. The highest BCUT2D eigenvalue weighted by Crippen LogP contribution is 2.32. The van der Waals surface area contributed by atoms with Gasteiger partial charge in [0.25, 0.3) is 0 Å². The van der Waals surface area contributed by atoms with E-state index in [2.05, 4.69) is 25.6 Å². The van der Waals surface area contributed by atoms with E-state index in [1.165, 1.54) is 6.20 Å². The largest absolute Gasteiger partial charge is 0.393 e. The maximum atomic E-state index is 14.4. The number of aliphatic hydroxyl groups is 1. The first kappa shape index (κ1) is 16.7. The number of fused-ring (bicyclic) bond motifs is 1. The molecule has 8 nitrogen and oxygen atoms in total. The molecule has 1 aromatic carbocycles. The van der Waals surface area contributed by atoms with Crippen LogP contribution in [-0.2, 0) is 4.74 Å². The molecule has 170 valence electrons. The topological polar surface area (TPSA) is 97.1 Å². The number of rotatable bonds is 5. The molecule has 1 aliphatic carbocycles. The average Bonchev–Trinajstić information content (AvgIpc) is 3.27. The summed E-state index contributed by atoms with van der Waals surface area (Å²) in [5.74, 6) is -3.85. The van der Waals surface area contributed by atoms with Crippen LogP contribution in [-0.4, -0.2) is 49.9 Å². The predicted molar refractivity (Wildman–Crippen MR) is 111 cm³/mol. The number of nitrogens with one attached hydrogen (secondary N) is 2. The number of hydrogen-bond acceptors (Lipinski definition) is 7. The average molecular weight is 452 g/mol. The van der Waals surface area contributed by atoms with Crippen LogP contribution in [0.1, 0.15) is 43.6 Å². The molecule has 3 aromatic rings. The van der Waals surface area contributed by atoms with E-state index in [1.54, 1.807) is 0 Å². The van der Waals surface area contributed by atoms with Crippen molar-refractivity contribution in [3.63, 3.8) is 0 Å². The molecule has 0 amide bonds. The van der Waals surface area contributed by atoms with Crippen LogP contribution in [0.25, 0.3) is 11.2 Å². The Bertz CT molecular complexity index is 1270. The third-order valence-corrected chi connectivity index (χ3v) is 5.44. The molecule has 0 spiro atoms. The zero-order valence-corrected chi connectivity index (χ0v) is 16.7. The van der Waals surface area contributed by atoms with Crippen molar-refractivity contribution in [1.29, 1.82) is 0 Å². The molecule has 5 rings (SSSR count). The van der Waals surface area contributed by atoms with Gasteiger partial charge in [-0.15, -0.1) is 0 Å². The molecule has 1 saturated carbocycles. The number of benzene rings is 1. The second-order valence-corrected chi connectivity index (χ2v) is 7.67. The summed E-state index contributed by atoms with van der Waals surface area (Å²) in [4.78, 5) is 12.9. The van der Waals surface area contributed by atoms with E-state index in [4.69, 9.17) is 10.2 Å². The minimum Gasteiger partial charge on any atom is -0.393 e. The van der Waals surface area contributed by atoms with Gasteiger partial charge in [0.05, 0.1) is 29.0 Å². The van der Waals surface area contributed by atoms with E-state index < -0.39 is 48.7 Å². The second-order valence-electron chi connectivity index (χ2n) is 7.67. The summed E-state index contributed by atoms with van der Waals surface area (Å²) >= 11 is 0. The van der Waals surface area contributed by atoms with Crippen LogP contribution in [0, 0.1) is 17.5 Å². The predicted octanol–water partition coefficient (Wildman–Crippen LogP) is 3.66. The van der Waals surface area contributed by atoms with Crippen LogP contribution in [0.3, 0.4) is 0 Å². The van der Waals surface area contributed by atoms with Crippen molar-refractivity contribution in [1.82, 2.24) is 19.5 Å². The number of aromatic nitrogens is 4. The van der Waals surface area contributed by atoms with Crippen LogP contribution >= 0.6 is 0 Å². The fourth-order valence-corrected chi connectivity index (χ4v) is 3.83. The van der Waals surface area contributed by atoms with E-state index >= 15 is 0 Å². The first-order chi connectivity index (χ1) is 17.1. The molecular formula is C21H23F3N6O2. The molecule has 0 bridgehead atoms. The lowest BCUT2D eigenvalue weighted by molar-refractivity contribution is 0.126. The molecule has 4 unspecified atom stereocenters. The number of hydrogen-bond donors (Lipinski definition) is 3. The van der Waals surface area contributed by atoms with E-state index in [-0.39, 0.29) is 35.2 Å². The highest BCUT2D eigenvalue weighted by atomic mass is 19.1. The standard InChI is InChI=1S/C21H23F3N6O2/c22-11-7-15(23)18(16(24)8-11)28-21-27-17-9-25-20(26-12-1-3-14(31)4-2-12)29-19(17)30(21)13-5-6-32-10-13/h7-9,12-14,31H,1-6,10H2,(H,27,28)(H,25,26,29)/i5D,6D,10D,13D. The minimum absolute atomic E-state index is 0.0209. The highest BCUT2D eigenvalue weighted by Gasteiger charge is 2.27. The van der Waals surface area contributed by atoms with Gasteiger partial charge in [-0.2, -0.15) is 4.98 Å². The van der Waals surface area contributed by atoms with Gasteiger partial charge in [-0.3, -0.25) is 4.57 Å². The maximum Gasteiger partial charge on any atom is 0.224 e. The number of halogens is 3. The van der Waals surface area contributed by atoms with Crippen molar-refractivity contribution < 1.29 is 28.5 Å². The van der Waals surface area contributed by atoms with Gasteiger partial charge in [-0.1, -0.05) is 0 Å². The van der Waals surface area contributed by atoms with E-state index in [1.807, 2.05) is 0 Å². The molecule has 1 aliphatic heterocycles. The van der Waals surface area contributed by atoms with Crippen molar-refractivity contribution in [3.8, 4) is 0 Å². The quantitative estimate of drug-likeness (QED) is 0.544. The molecule has 0 radical (unpaired) electrons. The Balaban J connectivity index is 1.61. The molecule has 3 heterocycles. The van der Waals surface area contributed by atoms with Gasteiger partial charge in [0.2, 0.25) is 11.9 Å². The third-order valence-electron chi connectivity index (χ3n) is 5.44. The summed E-state index contributed by atoms with van der Waals surface area (Å²) in [6, 6.07) is -1.36. The van der Waals surface area contributed by atoms with Crippen molar-refractivity contribution in [2.24, 2.45) is 0 Å². The number of anilines is 3. The van der Waals surface area contributed by atoms with Crippen molar-refractivity contribution in [2.45, 2.75) is 50.2 Å². The molecule has 3 N–H and O–H groups in total. The normalized spacial score (nSPS) is 34.6. The summed E-state index contributed by atoms with van der Waals surface area (Å²) in [6.07, 6.45) is 1.93. The first-order valence-corrected chi connectivity index (χ1v) is 10.1. The summed E-state index contributed by atoms with van der Waals surface area (Å²) in [6.45, 7) is -3.27. The van der Waals surface area contributed by atoms with E-state index in [9.17, 15) is 18.3 Å². The monoisotopic (exact) mass is 452 g/mol. The van der Waals surface area contributed by atoms with Gasteiger partial charge in [0, 0.05) is 26.1 Å². The molecule has 2 aliphatic rings. The lowest BCUT2D eigenvalue weighted by Gasteiger charge is -2.26. The molecule has 11 heteroatoms. The Labute approximate surface area is 187 Å². The van der Waals surface area contributed by atoms with Crippen molar-refractivity contribution in [2.75, 3.05) is 23.8 Å². The van der Waals surface area contributed by atoms with Crippen LogP contribution in [0.5, 0.6) is 0 Å². The fourth-order valence-electron chi connectivity index (χ4n) is 3.83. The lowest BCUT2D eigenvalue weighted by atomic mass is 9.93. The number of imidazole rings is 1. The summed E-state index contributed by atoms with van der Waals surface area (Å²) in [5.41, 5.74) is -0.700. The Kier molecular flexibility index (Phi) is 4.45. The Morgan fingerprint density at radius 1 is 1.16 bits per heavy atom. The minimum atomic E-state index is -2.28.